The normalized spacial score (nSPS) is 11.5. The number of fused-ring (bicyclic) bond motifs is 2. The summed E-state index contributed by atoms with van der Waals surface area (Å²) < 4.78 is 23.2. The van der Waals surface area contributed by atoms with E-state index >= 15 is 4.39 Å². The highest BCUT2D eigenvalue weighted by Gasteiger charge is 2.21. The van der Waals surface area contributed by atoms with Crippen molar-refractivity contribution >= 4 is 50.0 Å². The average Bonchev–Trinajstić information content (AvgIpc) is 3.56. The molecule has 0 atom stereocenters. The Kier molecular flexibility index (Phi) is 9.34. The predicted octanol–water partition coefficient (Wildman–Crippen LogP) is 8.56. The fourth-order valence-electron chi connectivity index (χ4n) is 4.94. The van der Waals surface area contributed by atoms with Crippen molar-refractivity contribution in [2.75, 3.05) is 6.61 Å². The maximum Gasteiger partial charge on any atom is 0.310 e. The largest absolute Gasteiger partial charge is 0.466 e. The smallest absolute Gasteiger partial charge is 0.310 e. The van der Waals surface area contributed by atoms with Crippen LogP contribution in [0.2, 0.25) is 5.02 Å². The molecule has 7 nitrogen and oxygen atoms in total. The fraction of sp³-hybridized carbons (Fsp3) is 0.257. The van der Waals surface area contributed by atoms with E-state index in [2.05, 4.69) is 10.1 Å². The molecule has 0 bridgehead atoms. The van der Waals surface area contributed by atoms with Gasteiger partial charge in [0.15, 0.2) is 5.82 Å². The number of carbonyl (C=O) groups excluding carboxylic acids is 1. The van der Waals surface area contributed by atoms with E-state index in [9.17, 15) is 4.79 Å². The molecule has 3 aromatic carbocycles. The third-order valence-corrected chi connectivity index (χ3v) is 8.27. The van der Waals surface area contributed by atoms with Gasteiger partial charge in [-0.1, -0.05) is 29.8 Å². The Morgan fingerprint density at radius 1 is 1.07 bits per heavy atom. The van der Waals surface area contributed by atoms with Gasteiger partial charge in [0.05, 0.1) is 52.4 Å². The topological polar surface area (TPSA) is 90.1 Å². The number of thiazole rings is 1. The summed E-state index contributed by atoms with van der Waals surface area (Å²) in [6.45, 7) is 9.27. The van der Waals surface area contributed by atoms with Gasteiger partial charge in [0.2, 0.25) is 0 Å². The van der Waals surface area contributed by atoms with Crippen LogP contribution in [0.25, 0.3) is 54.1 Å². The Balaban J connectivity index is 0.000000743. The molecule has 0 saturated heterocycles. The number of aromatic nitrogens is 4. The average molecular weight is 645 g/mol. The van der Waals surface area contributed by atoms with Crippen LogP contribution in [-0.2, 0) is 23.0 Å². The minimum absolute atomic E-state index is 0.116. The van der Waals surface area contributed by atoms with Crippen molar-refractivity contribution in [1.82, 2.24) is 19.7 Å². The summed E-state index contributed by atoms with van der Waals surface area (Å²) in [6, 6.07) is 17.1. The molecule has 0 fully saturated rings. The molecule has 0 spiro atoms. The third kappa shape index (κ3) is 7.39. The van der Waals surface area contributed by atoms with Crippen molar-refractivity contribution < 1.29 is 19.0 Å². The Morgan fingerprint density at radius 2 is 1.76 bits per heavy atom. The number of nitrogens with zero attached hydrogens (tertiary/aromatic N) is 4. The SMILES string of the molecule is CC(C)(C)O.CCOC(=O)Cc1c(C)cc2nc(-c3cc(-c4ccc5c(cnn5C)c4)ncc3F)sc2c1-c1ccc(Cl)cc1. The monoisotopic (exact) mass is 644 g/mol. The van der Waals surface area contributed by atoms with Crippen molar-refractivity contribution in [2.45, 2.75) is 46.6 Å². The molecule has 10 heteroatoms. The van der Waals surface area contributed by atoms with Crippen LogP contribution in [0.15, 0.2) is 67.0 Å². The molecule has 0 aliphatic heterocycles. The first-order chi connectivity index (χ1) is 21.3. The van der Waals surface area contributed by atoms with Crippen molar-refractivity contribution in [1.29, 1.82) is 0 Å². The lowest BCUT2D eigenvalue weighted by atomic mass is 9.93. The van der Waals surface area contributed by atoms with Gasteiger partial charge < -0.3 is 9.84 Å². The molecule has 6 rings (SSSR count). The lowest BCUT2D eigenvalue weighted by molar-refractivity contribution is -0.142. The van der Waals surface area contributed by atoms with E-state index in [1.807, 2.05) is 62.5 Å². The minimum atomic E-state index is -0.500. The van der Waals surface area contributed by atoms with Gasteiger partial charge in [0.25, 0.3) is 0 Å². The maximum absolute atomic E-state index is 15.3. The summed E-state index contributed by atoms with van der Waals surface area (Å²) in [5.74, 6) is -0.762. The number of benzene rings is 3. The van der Waals surface area contributed by atoms with Crippen LogP contribution in [0.3, 0.4) is 0 Å². The van der Waals surface area contributed by atoms with E-state index in [-0.39, 0.29) is 12.4 Å². The molecule has 0 radical (unpaired) electrons. The van der Waals surface area contributed by atoms with Crippen LogP contribution in [-0.4, -0.2) is 43.0 Å². The molecule has 0 amide bonds. The number of aliphatic hydroxyl groups is 1. The number of pyridine rings is 1. The molecular weight excluding hydrogens is 611 g/mol. The zero-order valence-corrected chi connectivity index (χ0v) is 27.6. The highest BCUT2D eigenvalue weighted by Crippen LogP contribution is 2.42. The molecule has 0 aliphatic rings. The van der Waals surface area contributed by atoms with E-state index in [4.69, 9.17) is 26.4 Å². The van der Waals surface area contributed by atoms with E-state index in [0.717, 1.165) is 48.9 Å². The number of carbonyl (C=O) groups is 1. The molecule has 3 aromatic heterocycles. The highest BCUT2D eigenvalue weighted by atomic mass is 35.5. The Bertz CT molecular complexity index is 2010. The van der Waals surface area contributed by atoms with Gasteiger partial charge in [0, 0.05) is 34.1 Å². The zero-order chi connectivity index (χ0) is 32.5. The molecule has 6 aromatic rings. The Hall–Kier alpha value is -4.18. The van der Waals surface area contributed by atoms with Gasteiger partial charge in [-0.15, -0.1) is 11.3 Å². The number of hydrogen-bond donors (Lipinski definition) is 1. The number of halogens is 2. The Labute approximate surface area is 270 Å². The second-order valence-corrected chi connectivity index (χ2v) is 13.1. The molecule has 45 heavy (non-hydrogen) atoms. The van der Waals surface area contributed by atoms with Gasteiger partial charge >= 0.3 is 5.97 Å². The summed E-state index contributed by atoms with van der Waals surface area (Å²) in [5, 5.41) is 14.9. The first-order valence-corrected chi connectivity index (χ1v) is 15.7. The molecule has 1 N–H and O–H groups in total. The van der Waals surface area contributed by atoms with Crippen molar-refractivity contribution in [2.24, 2.45) is 7.05 Å². The molecule has 3 heterocycles. The Morgan fingerprint density at radius 3 is 2.44 bits per heavy atom. The summed E-state index contributed by atoms with van der Waals surface area (Å²) in [5.41, 5.74) is 6.62. The predicted molar refractivity (Wildman–Crippen MR) is 180 cm³/mol. The number of hydrogen-bond acceptors (Lipinski definition) is 7. The zero-order valence-electron chi connectivity index (χ0n) is 26.0. The van der Waals surface area contributed by atoms with E-state index in [1.165, 1.54) is 17.5 Å². The van der Waals surface area contributed by atoms with Gasteiger partial charge in [-0.25, -0.2) is 9.37 Å². The van der Waals surface area contributed by atoms with Crippen LogP contribution < -0.4 is 0 Å². The summed E-state index contributed by atoms with van der Waals surface area (Å²) in [6.07, 6.45) is 3.15. The van der Waals surface area contributed by atoms with Gasteiger partial charge in [-0.05, 0) is 87.7 Å². The van der Waals surface area contributed by atoms with E-state index in [0.29, 0.717) is 27.9 Å². The third-order valence-electron chi connectivity index (χ3n) is 6.90. The lowest BCUT2D eigenvalue weighted by Crippen LogP contribution is -2.10. The van der Waals surface area contributed by atoms with Gasteiger partial charge in [0.1, 0.15) is 5.01 Å². The minimum Gasteiger partial charge on any atom is -0.466 e. The maximum atomic E-state index is 15.3. The second-order valence-electron chi connectivity index (χ2n) is 11.7. The first kappa shape index (κ1) is 32.2. The highest BCUT2D eigenvalue weighted by molar-refractivity contribution is 7.22. The molecular formula is C35H34ClFN4O3S. The summed E-state index contributed by atoms with van der Waals surface area (Å²) in [7, 11) is 1.89. The lowest BCUT2D eigenvalue weighted by Gasteiger charge is -2.14. The van der Waals surface area contributed by atoms with Crippen LogP contribution in [0.4, 0.5) is 4.39 Å². The molecule has 232 valence electrons. The molecule has 0 saturated carbocycles. The first-order valence-electron chi connectivity index (χ1n) is 14.5. The van der Waals surface area contributed by atoms with Crippen LogP contribution >= 0.6 is 22.9 Å². The van der Waals surface area contributed by atoms with Gasteiger partial charge in [-0.3, -0.25) is 14.5 Å². The van der Waals surface area contributed by atoms with E-state index < -0.39 is 11.4 Å². The molecule has 0 aliphatic carbocycles. The fourth-order valence-corrected chi connectivity index (χ4v) is 6.22. The van der Waals surface area contributed by atoms with Crippen LogP contribution in [0.1, 0.15) is 38.8 Å². The quantitative estimate of drug-likeness (QED) is 0.183. The van der Waals surface area contributed by atoms with E-state index in [1.54, 1.807) is 44.6 Å². The number of ether oxygens (including phenoxy) is 1. The summed E-state index contributed by atoms with van der Waals surface area (Å²) >= 11 is 7.56. The van der Waals surface area contributed by atoms with Crippen LogP contribution in [0.5, 0.6) is 0 Å². The number of esters is 1. The number of rotatable bonds is 6. The second kappa shape index (κ2) is 13.0. The van der Waals surface area contributed by atoms with Crippen LogP contribution in [0, 0.1) is 12.7 Å². The van der Waals surface area contributed by atoms with Gasteiger partial charge in [-0.2, -0.15) is 5.10 Å². The van der Waals surface area contributed by atoms with Crippen molar-refractivity contribution in [3.05, 3.63) is 89.0 Å². The van der Waals surface area contributed by atoms with Crippen molar-refractivity contribution in [3.8, 4) is 33.0 Å². The molecule has 0 unspecified atom stereocenters. The number of aryl methyl sites for hydroxylation is 2. The standard InChI is InChI=1S/C31H24ClFN4O2S.C4H10O/c1-4-39-28(38)14-22-17(2)11-26-30(29(22)18-5-8-21(32)9-6-18)40-31(36-26)23-13-25(34-16-24(23)33)19-7-10-27-20(12-19)15-35-37(27)3;1-4(2,3)5/h5-13,15-16H,4,14H2,1-3H3;5H,1-3H3. The van der Waals surface area contributed by atoms with Crippen molar-refractivity contribution in [3.63, 3.8) is 0 Å². The summed E-state index contributed by atoms with van der Waals surface area (Å²) in [4.78, 5) is 21.8.